The molecule has 2 fully saturated rings. The Balaban J connectivity index is 1.25. The molecule has 39 heavy (non-hydrogen) atoms. The smallest absolute Gasteiger partial charge is 0.410 e. The Morgan fingerprint density at radius 3 is 2.18 bits per heavy atom. The number of hydrogen-bond donors (Lipinski definition) is 0. The van der Waals surface area contributed by atoms with E-state index in [4.69, 9.17) is 14.2 Å². The maximum atomic E-state index is 12.7. The minimum Gasteiger partial charge on any atom is -0.445 e. The van der Waals surface area contributed by atoms with Gasteiger partial charge < -0.3 is 24.0 Å². The molecule has 0 aliphatic carbocycles. The Hall–Kier alpha value is -2.57. The molecule has 0 bridgehead atoms. The molecule has 6 heteroatoms. The minimum atomic E-state index is -0.210. The highest BCUT2D eigenvalue weighted by atomic mass is 16.7. The monoisotopic (exact) mass is 536 g/mol. The summed E-state index contributed by atoms with van der Waals surface area (Å²) in [7, 11) is 0. The van der Waals surface area contributed by atoms with Gasteiger partial charge in [0, 0.05) is 56.9 Å². The second-order valence-corrected chi connectivity index (χ2v) is 11.1. The fraction of sp³-hybridized carbons (Fsp3) is 0.606. The first kappa shape index (κ1) is 29.4. The molecule has 0 saturated carbocycles. The van der Waals surface area contributed by atoms with Gasteiger partial charge in [-0.3, -0.25) is 0 Å². The molecule has 0 unspecified atom stereocenters. The Bertz CT molecular complexity index is 949. The summed E-state index contributed by atoms with van der Waals surface area (Å²) in [6.45, 7) is 9.84. The number of ether oxygens (including phenoxy) is 3. The van der Waals surface area contributed by atoms with Crippen molar-refractivity contribution in [1.82, 2.24) is 4.90 Å². The maximum Gasteiger partial charge on any atom is 0.410 e. The van der Waals surface area contributed by atoms with E-state index in [1.807, 2.05) is 35.2 Å². The zero-order valence-corrected chi connectivity index (χ0v) is 24.1. The van der Waals surface area contributed by atoms with Crippen LogP contribution in [0.2, 0.25) is 0 Å². The van der Waals surface area contributed by atoms with Gasteiger partial charge in [-0.2, -0.15) is 0 Å². The van der Waals surface area contributed by atoms with Crippen molar-refractivity contribution >= 4 is 11.8 Å². The van der Waals surface area contributed by atoms with Crippen molar-refractivity contribution in [3.8, 4) is 0 Å². The lowest BCUT2D eigenvalue weighted by molar-refractivity contribution is -0.177. The normalized spacial score (nSPS) is 18.5. The molecule has 2 saturated heterocycles. The third-order valence-electron chi connectivity index (χ3n) is 8.10. The summed E-state index contributed by atoms with van der Waals surface area (Å²) in [5, 5.41) is 0. The van der Waals surface area contributed by atoms with Crippen LogP contribution in [0.5, 0.6) is 0 Å². The van der Waals surface area contributed by atoms with Crippen molar-refractivity contribution in [2.24, 2.45) is 5.92 Å². The van der Waals surface area contributed by atoms with Crippen LogP contribution in [-0.4, -0.2) is 56.7 Å². The van der Waals surface area contributed by atoms with Crippen molar-refractivity contribution in [2.45, 2.75) is 84.0 Å². The molecule has 4 rings (SSSR count). The van der Waals surface area contributed by atoms with Crippen LogP contribution < -0.4 is 4.90 Å². The van der Waals surface area contributed by atoms with Crippen LogP contribution in [0.4, 0.5) is 10.5 Å². The van der Waals surface area contributed by atoms with Gasteiger partial charge >= 0.3 is 6.09 Å². The second kappa shape index (κ2) is 15.9. The van der Waals surface area contributed by atoms with Gasteiger partial charge in [-0.25, -0.2) is 4.79 Å². The van der Waals surface area contributed by atoms with E-state index in [1.165, 1.54) is 11.3 Å². The lowest BCUT2D eigenvalue weighted by atomic mass is 9.90. The average molecular weight is 537 g/mol. The van der Waals surface area contributed by atoms with Crippen molar-refractivity contribution in [1.29, 1.82) is 0 Å². The number of piperidine rings is 2. The number of hydrogen-bond acceptors (Lipinski definition) is 5. The predicted octanol–water partition coefficient (Wildman–Crippen LogP) is 7.38. The quantitative estimate of drug-likeness (QED) is 0.197. The molecular weight excluding hydrogens is 488 g/mol. The van der Waals surface area contributed by atoms with Crippen molar-refractivity contribution < 1.29 is 19.0 Å². The van der Waals surface area contributed by atoms with Crippen LogP contribution in [0, 0.1) is 5.92 Å². The van der Waals surface area contributed by atoms with E-state index in [1.54, 1.807) is 0 Å². The van der Waals surface area contributed by atoms with Crippen LogP contribution in [-0.2, 0) is 20.8 Å². The van der Waals surface area contributed by atoms with E-state index < -0.39 is 0 Å². The molecule has 6 nitrogen and oxygen atoms in total. The molecule has 1 amide bonds. The van der Waals surface area contributed by atoms with Crippen molar-refractivity contribution in [3.05, 3.63) is 65.7 Å². The van der Waals surface area contributed by atoms with Crippen LogP contribution in [0.3, 0.4) is 0 Å². The minimum absolute atomic E-state index is 0.0683. The third-order valence-corrected chi connectivity index (χ3v) is 8.10. The average Bonchev–Trinajstić information content (AvgIpc) is 3.00. The van der Waals surface area contributed by atoms with Gasteiger partial charge in [-0.1, -0.05) is 69.2 Å². The van der Waals surface area contributed by atoms with Gasteiger partial charge in [0.1, 0.15) is 6.61 Å². The van der Waals surface area contributed by atoms with E-state index in [9.17, 15) is 4.79 Å². The van der Waals surface area contributed by atoms with Crippen LogP contribution in [0.1, 0.15) is 82.3 Å². The summed E-state index contributed by atoms with van der Waals surface area (Å²) in [5.41, 5.74) is 3.60. The van der Waals surface area contributed by atoms with Crippen molar-refractivity contribution in [3.63, 3.8) is 0 Å². The van der Waals surface area contributed by atoms with E-state index >= 15 is 0 Å². The summed E-state index contributed by atoms with van der Waals surface area (Å²) >= 11 is 0. The molecule has 2 heterocycles. The first-order valence-electron chi connectivity index (χ1n) is 15.2. The number of rotatable bonds is 13. The fourth-order valence-electron chi connectivity index (χ4n) is 5.62. The number of amides is 1. The van der Waals surface area contributed by atoms with Gasteiger partial charge in [0.15, 0.2) is 6.29 Å². The summed E-state index contributed by atoms with van der Waals surface area (Å²) in [6.07, 6.45) is 8.48. The zero-order chi connectivity index (χ0) is 27.3. The Kier molecular flexibility index (Phi) is 12.0. The van der Waals surface area contributed by atoms with Crippen LogP contribution in [0.25, 0.3) is 0 Å². The largest absolute Gasteiger partial charge is 0.445 e. The first-order chi connectivity index (χ1) is 19.2. The van der Waals surface area contributed by atoms with E-state index in [-0.39, 0.29) is 12.4 Å². The lowest BCUT2D eigenvalue weighted by Crippen LogP contribution is -2.40. The molecular formula is C33H48N2O4. The Labute approximate surface area is 235 Å². The Morgan fingerprint density at radius 1 is 0.872 bits per heavy atom. The lowest BCUT2D eigenvalue weighted by Gasteiger charge is -2.37. The van der Waals surface area contributed by atoms with Gasteiger partial charge in [-0.05, 0) is 61.8 Å². The number of nitrogens with zero attached hydrogens (tertiary/aromatic N) is 2. The summed E-state index contributed by atoms with van der Waals surface area (Å²) < 4.78 is 17.9. The zero-order valence-electron chi connectivity index (χ0n) is 24.1. The van der Waals surface area contributed by atoms with Crippen LogP contribution in [0.15, 0.2) is 54.6 Å². The molecule has 0 spiro atoms. The molecule has 1 atom stereocenters. The predicted molar refractivity (Wildman–Crippen MR) is 157 cm³/mol. The Morgan fingerprint density at radius 2 is 1.54 bits per heavy atom. The molecule has 0 N–H and O–H groups in total. The summed E-state index contributed by atoms with van der Waals surface area (Å²) in [5.74, 6) is 0.813. The fourth-order valence-corrected chi connectivity index (χ4v) is 5.62. The number of carbonyl (C=O) groups excluding carboxylic acids is 1. The molecule has 2 aliphatic heterocycles. The highest BCUT2D eigenvalue weighted by Gasteiger charge is 2.29. The SMILES string of the molecule is CCCCOC(OCCCC)C1CCN(c2ccc([C@@H]3CCCN(C(=O)OCc4ccccc4)C3)cc2)CC1. The van der Waals surface area contributed by atoms with Gasteiger partial charge in [0.25, 0.3) is 0 Å². The molecule has 2 aromatic carbocycles. The first-order valence-corrected chi connectivity index (χ1v) is 15.2. The summed E-state index contributed by atoms with van der Waals surface area (Å²) in [6, 6.07) is 18.9. The van der Waals surface area contributed by atoms with Gasteiger partial charge in [-0.15, -0.1) is 0 Å². The third kappa shape index (κ3) is 8.97. The number of carbonyl (C=O) groups is 1. The number of anilines is 1. The summed E-state index contributed by atoms with van der Waals surface area (Å²) in [4.78, 5) is 17.1. The number of unbranched alkanes of at least 4 members (excludes halogenated alkanes) is 2. The highest BCUT2D eigenvalue weighted by Crippen LogP contribution is 2.31. The molecule has 214 valence electrons. The van der Waals surface area contributed by atoms with Gasteiger partial charge in [0.2, 0.25) is 0 Å². The van der Waals surface area contributed by atoms with E-state index in [0.29, 0.717) is 18.4 Å². The maximum absolute atomic E-state index is 12.7. The molecule has 2 aliphatic rings. The van der Waals surface area contributed by atoms with Gasteiger partial charge in [0.05, 0.1) is 0 Å². The topological polar surface area (TPSA) is 51.2 Å². The van der Waals surface area contributed by atoms with Crippen LogP contribution >= 0.6 is 0 Å². The molecule has 0 radical (unpaired) electrons. The highest BCUT2D eigenvalue weighted by molar-refractivity contribution is 5.68. The van der Waals surface area contributed by atoms with E-state index in [0.717, 1.165) is 96.3 Å². The number of benzene rings is 2. The standard InChI is InChI=1S/C33H48N2O4/c1-3-5-23-37-32(38-24-6-4-2)29-18-21-34(22-19-29)31-16-14-28(15-17-31)30-13-10-20-35(25-30)33(36)39-26-27-11-8-7-9-12-27/h7-9,11-12,14-17,29-30,32H,3-6,10,13,18-26H2,1-2H3/t30-/m1/s1. The van der Waals surface area contributed by atoms with Crippen molar-refractivity contribution in [2.75, 3.05) is 44.3 Å². The molecule has 0 aromatic heterocycles. The van der Waals surface area contributed by atoms with E-state index in [2.05, 4.69) is 43.0 Å². The molecule has 2 aromatic rings. The second-order valence-electron chi connectivity index (χ2n) is 11.1. The number of likely N-dealkylation sites (tertiary alicyclic amines) is 1.